The summed E-state index contributed by atoms with van der Waals surface area (Å²) in [6.45, 7) is 3.96. The number of carboxylic acid groups (broad SMARTS) is 1. The highest BCUT2D eigenvalue weighted by Gasteiger charge is 2.27. The monoisotopic (exact) mass is 330 g/mol. The second-order valence-corrected chi connectivity index (χ2v) is 6.15. The van der Waals surface area contributed by atoms with E-state index in [2.05, 4.69) is 14.9 Å². The molecule has 1 aliphatic heterocycles. The summed E-state index contributed by atoms with van der Waals surface area (Å²) in [5, 5.41) is 12.0. The van der Waals surface area contributed by atoms with Gasteiger partial charge in [0.15, 0.2) is 0 Å². The topological polar surface area (TPSA) is 87.5 Å². The van der Waals surface area contributed by atoms with Crippen LogP contribution in [0.3, 0.4) is 0 Å². The Bertz CT molecular complexity index is 755. The third-order valence-electron chi connectivity index (χ3n) is 4.51. The molecule has 7 nitrogen and oxygen atoms in total. The van der Waals surface area contributed by atoms with Crippen LogP contribution in [-0.2, 0) is 11.3 Å². The summed E-state index contributed by atoms with van der Waals surface area (Å²) in [7, 11) is 0. The van der Waals surface area contributed by atoms with Gasteiger partial charge in [0.1, 0.15) is 5.82 Å². The summed E-state index contributed by atoms with van der Waals surface area (Å²) in [6, 6.07) is 7.72. The molecule has 0 spiro atoms. The Balaban J connectivity index is 1.57. The Labute approximate surface area is 140 Å². The number of piperidine rings is 1. The minimum atomic E-state index is -0.826. The van der Waals surface area contributed by atoms with Gasteiger partial charge in [-0.2, -0.15) is 0 Å². The predicted molar refractivity (Wildman–Crippen MR) is 89.8 cm³/mol. The first-order chi connectivity index (χ1) is 11.6. The number of aliphatic carboxylic acids is 1. The molecule has 2 amide bonds. The van der Waals surface area contributed by atoms with Gasteiger partial charge in [0.2, 0.25) is 0 Å². The molecule has 0 saturated carbocycles. The third kappa shape index (κ3) is 3.34. The van der Waals surface area contributed by atoms with Gasteiger partial charge in [-0.25, -0.2) is 9.78 Å². The summed E-state index contributed by atoms with van der Waals surface area (Å²) in [4.78, 5) is 29.4. The second-order valence-electron chi connectivity index (χ2n) is 6.15. The number of amides is 2. The van der Waals surface area contributed by atoms with Gasteiger partial charge in [-0.3, -0.25) is 4.79 Å². The lowest BCUT2D eigenvalue weighted by molar-refractivity contribution is -0.143. The Kier molecular flexibility index (Phi) is 4.69. The van der Waals surface area contributed by atoms with Crippen molar-refractivity contribution in [3.8, 4) is 0 Å². The van der Waals surface area contributed by atoms with Crippen molar-refractivity contribution in [1.82, 2.24) is 19.8 Å². The SMILES string of the molecule is Cc1nc2ccccc2n1CCNC(=O)N1CCCC(C(=O)O)C1. The summed E-state index contributed by atoms with van der Waals surface area (Å²) in [5.41, 5.74) is 2.00. The molecule has 2 aromatic rings. The van der Waals surface area contributed by atoms with E-state index in [1.54, 1.807) is 4.90 Å². The van der Waals surface area contributed by atoms with Gasteiger partial charge < -0.3 is 19.9 Å². The van der Waals surface area contributed by atoms with Gasteiger partial charge in [-0.1, -0.05) is 12.1 Å². The van der Waals surface area contributed by atoms with Crippen molar-refractivity contribution in [2.24, 2.45) is 5.92 Å². The predicted octanol–water partition coefficient (Wildman–Crippen LogP) is 1.85. The molecule has 128 valence electrons. The number of aryl methyl sites for hydroxylation is 1. The summed E-state index contributed by atoms with van der Waals surface area (Å²) >= 11 is 0. The normalized spacial score (nSPS) is 17.9. The van der Waals surface area contributed by atoms with E-state index in [1.165, 1.54) is 0 Å². The van der Waals surface area contributed by atoms with Crippen LogP contribution < -0.4 is 5.32 Å². The van der Waals surface area contributed by atoms with Crippen molar-refractivity contribution in [1.29, 1.82) is 0 Å². The van der Waals surface area contributed by atoms with E-state index >= 15 is 0 Å². The summed E-state index contributed by atoms with van der Waals surface area (Å²) in [5.74, 6) is -0.369. The van der Waals surface area contributed by atoms with Gasteiger partial charge in [0.05, 0.1) is 17.0 Å². The fourth-order valence-corrected chi connectivity index (χ4v) is 3.23. The van der Waals surface area contributed by atoms with Gasteiger partial charge >= 0.3 is 12.0 Å². The molecule has 2 N–H and O–H groups in total. The van der Waals surface area contributed by atoms with Gasteiger partial charge in [-0.15, -0.1) is 0 Å². The lowest BCUT2D eigenvalue weighted by Gasteiger charge is -2.30. The van der Waals surface area contributed by atoms with E-state index in [-0.39, 0.29) is 12.6 Å². The number of rotatable bonds is 4. The van der Waals surface area contributed by atoms with Gasteiger partial charge in [-0.05, 0) is 31.9 Å². The average Bonchev–Trinajstić information content (AvgIpc) is 2.90. The fourth-order valence-electron chi connectivity index (χ4n) is 3.23. The number of carboxylic acids is 1. The lowest BCUT2D eigenvalue weighted by Crippen LogP contribution is -2.47. The molecule has 3 rings (SSSR count). The standard InChI is InChI=1S/C17H22N4O3/c1-12-19-14-6-2-3-7-15(14)21(12)10-8-18-17(24)20-9-4-5-13(11-20)16(22)23/h2-3,6-7,13H,4-5,8-11H2,1H3,(H,18,24)(H,22,23). The van der Waals surface area contributed by atoms with Crippen molar-refractivity contribution in [3.63, 3.8) is 0 Å². The molecular formula is C17H22N4O3. The molecule has 1 atom stereocenters. The second kappa shape index (κ2) is 6.90. The van der Waals surface area contributed by atoms with Crippen LogP contribution in [-0.4, -0.2) is 51.2 Å². The Morgan fingerprint density at radius 3 is 2.96 bits per heavy atom. The van der Waals surface area contributed by atoms with Crippen LogP contribution in [0.5, 0.6) is 0 Å². The average molecular weight is 330 g/mol. The number of aromatic nitrogens is 2. The first kappa shape index (κ1) is 16.3. The number of para-hydroxylation sites is 2. The number of carbonyl (C=O) groups is 2. The molecule has 1 unspecified atom stereocenters. The van der Waals surface area contributed by atoms with Crippen LogP contribution in [0.1, 0.15) is 18.7 Å². The maximum absolute atomic E-state index is 12.2. The highest BCUT2D eigenvalue weighted by Crippen LogP contribution is 2.17. The molecule has 7 heteroatoms. The Morgan fingerprint density at radius 2 is 2.17 bits per heavy atom. The number of fused-ring (bicyclic) bond motifs is 1. The van der Waals surface area contributed by atoms with Crippen LogP contribution in [0.4, 0.5) is 4.79 Å². The quantitative estimate of drug-likeness (QED) is 0.895. The van der Waals surface area contributed by atoms with Crippen LogP contribution in [0.15, 0.2) is 24.3 Å². The molecule has 2 heterocycles. The van der Waals surface area contributed by atoms with E-state index in [0.717, 1.165) is 23.3 Å². The van der Waals surface area contributed by atoms with Crippen LogP contribution in [0.25, 0.3) is 11.0 Å². The Hall–Kier alpha value is -2.57. The van der Waals surface area contributed by atoms with Crippen molar-refractivity contribution >= 4 is 23.0 Å². The zero-order chi connectivity index (χ0) is 17.1. The van der Waals surface area contributed by atoms with E-state index in [1.807, 2.05) is 31.2 Å². The maximum atomic E-state index is 12.2. The van der Waals surface area contributed by atoms with Crippen LogP contribution in [0.2, 0.25) is 0 Å². The lowest BCUT2D eigenvalue weighted by atomic mass is 9.99. The number of urea groups is 1. The number of hydrogen-bond donors (Lipinski definition) is 2. The summed E-state index contributed by atoms with van der Waals surface area (Å²) in [6.07, 6.45) is 1.37. The molecule has 1 aromatic carbocycles. The van der Waals surface area contributed by atoms with Gasteiger partial charge in [0, 0.05) is 26.2 Å². The maximum Gasteiger partial charge on any atom is 0.317 e. The molecule has 1 fully saturated rings. The molecule has 0 radical (unpaired) electrons. The molecular weight excluding hydrogens is 308 g/mol. The number of benzene rings is 1. The van der Waals surface area contributed by atoms with Crippen LogP contribution >= 0.6 is 0 Å². The van der Waals surface area contributed by atoms with E-state index < -0.39 is 11.9 Å². The van der Waals surface area contributed by atoms with Crippen molar-refractivity contribution < 1.29 is 14.7 Å². The first-order valence-corrected chi connectivity index (χ1v) is 8.23. The number of nitrogens with zero attached hydrogens (tertiary/aromatic N) is 3. The van der Waals surface area contributed by atoms with Crippen LogP contribution in [0, 0.1) is 12.8 Å². The van der Waals surface area contributed by atoms with E-state index in [9.17, 15) is 9.59 Å². The number of nitrogens with one attached hydrogen (secondary N) is 1. The molecule has 1 aromatic heterocycles. The zero-order valence-electron chi connectivity index (χ0n) is 13.7. The highest BCUT2D eigenvalue weighted by atomic mass is 16.4. The zero-order valence-corrected chi connectivity index (χ0v) is 13.7. The number of hydrogen-bond acceptors (Lipinski definition) is 3. The van der Waals surface area contributed by atoms with Crippen molar-refractivity contribution in [3.05, 3.63) is 30.1 Å². The van der Waals surface area contributed by atoms with Crippen molar-refractivity contribution in [2.75, 3.05) is 19.6 Å². The fraction of sp³-hybridized carbons (Fsp3) is 0.471. The summed E-state index contributed by atoms with van der Waals surface area (Å²) < 4.78 is 2.08. The molecule has 0 bridgehead atoms. The van der Waals surface area contributed by atoms with Gasteiger partial charge in [0.25, 0.3) is 0 Å². The molecule has 1 saturated heterocycles. The number of imidazole rings is 1. The number of carbonyl (C=O) groups excluding carboxylic acids is 1. The minimum absolute atomic E-state index is 0.192. The highest BCUT2D eigenvalue weighted by molar-refractivity contribution is 5.77. The number of likely N-dealkylation sites (tertiary alicyclic amines) is 1. The third-order valence-corrected chi connectivity index (χ3v) is 4.51. The van der Waals surface area contributed by atoms with E-state index in [0.29, 0.717) is 26.1 Å². The molecule has 1 aliphatic rings. The smallest absolute Gasteiger partial charge is 0.317 e. The minimum Gasteiger partial charge on any atom is -0.481 e. The molecule has 0 aliphatic carbocycles. The largest absolute Gasteiger partial charge is 0.481 e. The molecule has 24 heavy (non-hydrogen) atoms. The van der Waals surface area contributed by atoms with E-state index in [4.69, 9.17) is 5.11 Å². The van der Waals surface area contributed by atoms with Crippen molar-refractivity contribution in [2.45, 2.75) is 26.3 Å². The Morgan fingerprint density at radius 1 is 1.38 bits per heavy atom. The first-order valence-electron chi connectivity index (χ1n) is 8.23.